The first-order chi connectivity index (χ1) is 13.6. The van der Waals surface area contributed by atoms with Crippen molar-refractivity contribution in [3.8, 4) is 5.75 Å². The van der Waals surface area contributed by atoms with E-state index < -0.39 is 12.1 Å². The fourth-order valence-electron chi connectivity index (χ4n) is 2.83. The van der Waals surface area contributed by atoms with Crippen LogP contribution >= 0.6 is 0 Å². The van der Waals surface area contributed by atoms with E-state index in [1.165, 1.54) is 7.11 Å². The Morgan fingerprint density at radius 1 is 1.29 bits per heavy atom. The number of aliphatic hydroxyl groups is 1. The number of hydrogen-bond donors (Lipinski definition) is 1. The van der Waals surface area contributed by atoms with Crippen LogP contribution in [0.5, 0.6) is 5.75 Å². The molecule has 0 heterocycles. The zero-order valence-corrected chi connectivity index (χ0v) is 16.0. The van der Waals surface area contributed by atoms with Crippen molar-refractivity contribution in [2.24, 2.45) is 11.8 Å². The maximum Gasteiger partial charge on any atom is 0.335 e. The standard InChI is InChI=1S/C23H26O5/c1-27-23(26)22(25)14-7-3-6-13-20-18(15-16-21(20)24)10-8-9-17-28-19-11-4-2-5-12-19/h2,4-8,10-12,15-16,18,20,22,25H,9,13-14,17H2,1H3/b10-8+/t3?,18-,20+,22?/m0/s1. The van der Waals surface area contributed by atoms with Gasteiger partial charge in [-0.15, -0.1) is 5.73 Å². The molecule has 1 aromatic rings. The molecular weight excluding hydrogens is 356 g/mol. The van der Waals surface area contributed by atoms with Gasteiger partial charge < -0.3 is 14.6 Å². The van der Waals surface area contributed by atoms with Crippen LogP contribution in [0.3, 0.4) is 0 Å². The van der Waals surface area contributed by atoms with E-state index in [-0.39, 0.29) is 24.0 Å². The van der Waals surface area contributed by atoms with Gasteiger partial charge in [-0.25, -0.2) is 4.79 Å². The molecule has 1 aliphatic rings. The van der Waals surface area contributed by atoms with Crippen molar-refractivity contribution < 1.29 is 24.2 Å². The van der Waals surface area contributed by atoms with Crippen molar-refractivity contribution in [2.75, 3.05) is 13.7 Å². The quantitative estimate of drug-likeness (QED) is 0.291. The van der Waals surface area contributed by atoms with Gasteiger partial charge in [-0.1, -0.05) is 36.4 Å². The van der Waals surface area contributed by atoms with Crippen molar-refractivity contribution in [2.45, 2.75) is 25.4 Å². The number of allylic oxidation sites excluding steroid dienone is 3. The summed E-state index contributed by atoms with van der Waals surface area (Å²) in [5.41, 5.74) is 2.92. The molecule has 1 aromatic carbocycles. The Balaban J connectivity index is 1.76. The Hall–Kier alpha value is -2.88. The highest BCUT2D eigenvalue weighted by Crippen LogP contribution is 2.27. The lowest BCUT2D eigenvalue weighted by molar-refractivity contribution is -0.150. The molecule has 0 spiro atoms. The summed E-state index contributed by atoms with van der Waals surface area (Å²) in [6.45, 7) is 0.584. The number of carbonyl (C=O) groups excluding carboxylic acids is 2. The van der Waals surface area contributed by atoms with E-state index in [9.17, 15) is 14.7 Å². The average molecular weight is 382 g/mol. The van der Waals surface area contributed by atoms with Crippen molar-refractivity contribution in [3.63, 3.8) is 0 Å². The van der Waals surface area contributed by atoms with Gasteiger partial charge in [-0.3, -0.25) is 4.79 Å². The third-order valence-corrected chi connectivity index (χ3v) is 4.39. The third kappa shape index (κ3) is 7.03. The first kappa shape index (κ1) is 21.4. The maximum absolute atomic E-state index is 12.1. The normalized spacial score (nSPS) is 19.3. The average Bonchev–Trinajstić information content (AvgIpc) is 3.07. The van der Waals surface area contributed by atoms with Crippen LogP contribution in [-0.2, 0) is 14.3 Å². The molecule has 28 heavy (non-hydrogen) atoms. The number of ether oxygens (including phenoxy) is 2. The van der Waals surface area contributed by atoms with Gasteiger partial charge in [0, 0.05) is 18.3 Å². The van der Waals surface area contributed by atoms with E-state index in [2.05, 4.69) is 10.5 Å². The van der Waals surface area contributed by atoms with Gasteiger partial charge in [0.15, 0.2) is 11.9 Å². The first-order valence-electron chi connectivity index (χ1n) is 9.33. The maximum atomic E-state index is 12.1. The number of rotatable bonds is 10. The van der Waals surface area contributed by atoms with Gasteiger partial charge in [0.1, 0.15) is 5.75 Å². The first-order valence-corrected chi connectivity index (χ1v) is 9.33. The molecule has 0 aromatic heterocycles. The topological polar surface area (TPSA) is 72.8 Å². The minimum absolute atomic E-state index is 0.0583. The smallest absolute Gasteiger partial charge is 0.335 e. The molecule has 0 fully saturated rings. The van der Waals surface area contributed by atoms with Crippen LogP contribution in [0.25, 0.3) is 0 Å². The lowest BCUT2D eigenvalue weighted by Gasteiger charge is -2.12. The van der Waals surface area contributed by atoms with Gasteiger partial charge >= 0.3 is 5.97 Å². The fraction of sp³-hybridized carbons (Fsp3) is 0.348. The van der Waals surface area contributed by atoms with Crippen LogP contribution < -0.4 is 4.74 Å². The molecule has 0 amide bonds. The Labute approximate surface area is 165 Å². The Morgan fingerprint density at radius 3 is 2.82 bits per heavy atom. The summed E-state index contributed by atoms with van der Waals surface area (Å²) >= 11 is 0. The number of ketones is 1. The van der Waals surface area contributed by atoms with Gasteiger partial charge in [0.25, 0.3) is 0 Å². The summed E-state index contributed by atoms with van der Waals surface area (Å²) in [6, 6.07) is 9.65. The van der Waals surface area contributed by atoms with Crippen LogP contribution in [0.1, 0.15) is 19.3 Å². The molecule has 1 unspecified atom stereocenters. The zero-order chi connectivity index (χ0) is 20.2. The van der Waals surface area contributed by atoms with Gasteiger partial charge in [0.2, 0.25) is 0 Å². The van der Waals surface area contributed by atoms with Crippen molar-refractivity contribution >= 4 is 11.8 Å². The molecule has 1 N–H and O–H groups in total. The molecule has 0 aliphatic heterocycles. The lowest BCUT2D eigenvalue weighted by atomic mass is 9.91. The molecule has 1 aliphatic carbocycles. The SMILES string of the molecule is COC(=O)C(O)CC=C=CC[C@H]1C(=O)C=C[C@@H]1/C=C/CCOc1ccccc1. The largest absolute Gasteiger partial charge is 0.493 e. The van der Waals surface area contributed by atoms with Crippen LogP contribution in [0.4, 0.5) is 0 Å². The summed E-state index contributed by atoms with van der Waals surface area (Å²) < 4.78 is 10.1. The Kier molecular flexibility index (Phi) is 8.99. The van der Waals surface area contributed by atoms with Crippen LogP contribution in [0.2, 0.25) is 0 Å². The van der Waals surface area contributed by atoms with Gasteiger partial charge in [-0.2, -0.15) is 0 Å². The van der Waals surface area contributed by atoms with Crippen LogP contribution in [0, 0.1) is 11.8 Å². The van der Waals surface area contributed by atoms with Gasteiger partial charge in [-0.05, 0) is 43.2 Å². The molecule has 5 heteroatoms. The Bertz CT molecular complexity index is 756. The van der Waals surface area contributed by atoms with Crippen molar-refractivity contribution in [1.82, 2.24) is 0 Å². The van der Waals surface area contributed by atoms with Crippen LogP contribution in [-0.4, -0.2) is 36.7 Å². The number of benzene rings is 1. The molecule has 2 rings (SSSR count). The summed E-state index contributed by atoms with van der Waals surface area (Å²) in [5.74, 6) is 0.192. The van der Waals surface area contributed by atoms with E-state index in [1.54, 1.807) is 18.2 Å². The number of hydrogen-bond acceptors (Lipinski definition) is 5. The second-order valence-corrected chi connectivity index (χ2v) is 6.41. The second-order valence-electron chi connectivity index (χ2n) is 6.41. The number of carbonyl (C=O) groups is 2. The summed E-state index contributed by atoms with van der Waals surface area (Å²) in [5, 5.41) is 9.48. The second kappa shape index (κ2) is 11.8. The monoisotopic (exact) mass is 382 g/mol. The molecule has 0 bridgehead atoms. The molecule has 0 saturated carbocycles. The number of para-hydroxylation sites is 1. The number of methoxy groups -OCH3 is 1. The molecular formula is C23H26O5. The molecule has 0 saturated heterocycles. The summed E-state index contributed by atoms with van der Waals surface area (Å²) in [7, 11) is 1.23. The third-order valence-electron chi connectivity index (χ3n) is 4.39. The molecule has 148 valence electrons. The highest BCUT2D eigenvalue weighted by atomic mass is 16.5. The minimum Gasteiger partial charge on any atom is -0.493 e. The zero-order valence-electron chi connectivity index (χ0n) is 16.0. The van der Waals surface area contributed by atoms with E-state index >= 15 is 0 Å². The van der Waals surface area contributed by atoms with E-state index in [0.717, 1.165) is 12.2 Å². The summed E-state index contributed by atoms with van der Waals surface area (Å²) in [6.07, 6.45) is 11.2. The molecule has 5 nitrogen and oxygen atoms in total. The predicted octanol–water partition coefficient (Wildman–Crippen LogP) is 3.41. The highest BCUT2D eigenvalue weighted by molar-refractivity contribution is 5.95. The highest BCUT2D eigenvalue weighted by Gasteiger charge is 2.26. The number of esters is 1. The molecule has 3 atom stereocenters. The minimum atomic E-state index is -1.19. The molecule has 0 radical (unpaired) electrons. The fourth-order valence-corrected chi connectivity index (χ4v) is 2.83. The predicted molar refractivity (Wildman–Crippen MR) is 107 cm³/mol. The van der Waals surface area contributed by atoms with Crippen molar-refractivity contribution in [3.05, 3.63) is 72.5 Å². The number of aliphatic hydroxyl groups excluding tert-OH is 1. The van der Waals surface area contributed by atoms with Crippen LogP contribution in [0.15, 0.2) is 72.5 Å². The van der Waals surface area contributed by atoms with Crippen molar-refractivity contribution in [1.29, 1.82) is 0 Å². The van der Waals surface area contributed by atoms with E-state index in [4.69, 9.17) is 4.74 Å². The van der Waals surface area contributed by atoms with E-state index in [0.29, 0.717) is 13.0 Å². The Morgan fingerprint density at radius 2 is 2.07 bits per heavy atom. The van der Waals surface area contributed by atoms with Gasteiger partial charge in [0.05, 0.1) is 13.7 Å². The lowest BCUT2D eigenvalue weighted by Crippen LogP contribution is -2.20. The van der Waals surface area contributed by atoms with E-state index in [1.807, 2.05) is 48.6 Å². The summed E-state index contributed by atoms with van der Waals surface area (Å²) in [4.78, 5) is 23.2.